The molecule has 2 aromatic rings. The molecule has 0 saturated carbocycles. The summed E-state index contributed by atoms with van der Waals surface area (Å²) in [6, 6.07) is 9.55. The second-order valence-corrected chi connectivity index (χ2v) is 10.2. The normalized spacial score (nSPS) is 18.5. The summed E-state index contributed by atoms with van der Waals surface area (Å²) in [5, 5.41) is 15.8. The Morgan fingerprint density at radius 2 is 2.13 bits per heavy atom. The maximum Gasteiger partial charge on any atom is 0.261 e. The second kappa shape index (κ2) is 10.1. The van der Waals surface area contributed by atoms with Gasteiger partial charge < -0.3 is 15.1 Å². The van der Waals surface area contributed by atoms with Crippen molar-refractivity contribution >= 4 is 52.2 Å². The summed E-state index contributed by atoms with van der Waals surface area (Å²) in [6.07, 6.45) is 6.02. The smallest absolute Gasteiger partial charge is 0.261 e. The Balaban J connectivity index is 1.38. The molecule has 1 amide bonds. The van der Waals surface area contributed by atoms with Crippen molar-refractivity contribution in [1.82, 2.24) is 10.2 Å². The van der Waals surface area contributed by atoms with Crippen LogP contribution in [0.1, 0.15) is 46.5 Å². The van der Waals surface area contributed by atoms with Crippen LogP contribution in [0.5, 0.6) is 0 Å². The van der Waals surface area contributed by atoms with Crippen LogP contribution in [0.4, 0.5) is 0 Å². The Morgan fingerprint density at radius 1 is 1.32 bits per heavy atom. The number of hydrogen-bond donors (Lipinski definition) is 2. The molecule has 1 unspecified atom stereocenters. The SMILES string of the molecule is CSc1cc(C(=N)N2CCCCC2)ccc1C1=NOC(CNC(=O)c2ccc(Cl)s2)C1. The quantitative estimate of drug-likeness (QED) is 0.354. The fraction of sp³-hybridized carbons (Fsp3) is 0.409. The maximum atomic E-state index is 12.2. The molecule has 2 aliphatic rings. The first-order valence-electron chi connectivity index (χ1n) is 10.3. The number of carbonyl (C=O) groups is 1. The molecule has 1 aromatic heterocycles. The van der Waals surface area contributed by atoms with Crippen LogP contribution in [0.3, 0.4) is 0 Å². The molecule has 164 valence electrons. The van der Waals surface area contributed by atoms with Crippen molar-refractivity contribution in [1.29, 1.82) is 5.41 Å². The van der Waals surface area contributed by atoms with E-state index in [1.54, 1.807) is 23.9 Å². The van der Waals surface area contributed by atoms with Gasteiger partial charge in [0.15, 0.2) is 0 Å². The average Bonchev–Trinajstić information content (AvgIpc) is 3.46. The van der Waals surface area contributed by atoms with E-state index in [1.165, 1.54) is 17.8 Å². The van der Waals surface area contributed by atoms with Gasteiger partial charge in [0.05, 0.1) is 21.5 Å². The van der Waals surface area contributed by atoms with Crippen LogP contribution in [0.25, 0.3) is 0 Å². The van der Waals surface area contributed by atoms with E-state index >= 15 is 0 Å². The van der Waals surface area contributed by atoms with E-state index in [0.717, 1.165) is 47.7 Å². The summed E-state index contributed by atoms with van der Waals surface area (Å²) < 4.78 is 0.592. The molecule has 0 radical (unpaired) electrons. The average molecular weight is 477 g/mol. The minimum absolute atomic E-state index is 0.153. The van der Waals surface area contributed by atoms with Gasteiger partial charge in [0.25, 0.3) is 5.91 Å². The lowest BCUT2D eigenvalue weighted by atomic mass is 10.0. The number of oxime groups is 1. The van der Waals surface area contributed by atoms with Crippen molar-refractivity contribution in [3.63, 3.8) is 0 Å². The zero-order chi connectivity index (χ0) is 21.8. The fourth-order valence-electron chi connectivity index (χ4n) is 3.80. The third-order valence-corrected chi connectivity index (χ3v) is 7.49. The summed E-state index contributed by atoms with van der Waals surface area (Å²) in [7, 11) is 0. The molecule has 9 heteroatoms. The first-order chi connectivity index (χ1) is 15.0. The molecule has 4 rings (SSSR count). The monoisotopic (exact) mass is 476 g/mol. The van der Waals surface area contributed by atoms with E-state index in [0.29, 0.717) is 28.0 Å². The molecule has 1 aromatic carbocycles. The number of carbonyl (C=O) groups excluding carboxylic acids is 1. The molecule has 3 heterocycles. The van der Waals surface area contributed by atoms with Crippen molar-refractivity contribution in [3.05, 3.63) is 50.7 Å². The summed E-state index contributed by atoms with van der Waals surface area (Å²) in [4.78, 5) is 21.6. The summed E-state index contributed by atoms with van der Waals surface area (Å²) in [5.74, 6) is 0.444. The van der Waals surface area contributed by atoms with Crippen molar-refractivity contribution in [3.8, 4) is 0 Å². The van der Waals surface area contributed by atoms with Crippen LogP contribution in [-0.2, 0) is 4.84 Å². The molecule has 0 aliphatic carbocycles. The number of piperidine rings is 1. The highest BCUT2D eigenvalue weighted by Crippen LogP contribution is 2.28. The Hall–Kier alpha value is -2.03. The third kappa shape index (κ3) is 5.25. The lowest BCUT2D eigenvalue weighted by Gasteiger charge is -2.29. The number of likely N-dealkylation sites (tertiary alicyclic amines) is 1. The van der Waals surface area contributed by atoms with Gasteiger partial charge in [-0.3, -0.25) is 10.2 Å². The van der Waals surface area contributed by atoms with Crippen LogP contribution in [-0.4, -0.2) is 54.3 Å². The van der Waals surface area contributed by atoms with Crippen LogP contribution in [0.2, 0.25) is 4.34 Å². The Morgan fingerprint density at radius 3 is 2.84 bits per heavy atom. The lowest BCUT2D eigenvalue weighted by molar-refractivity contribution is 0.0755. The van der Waals surface area contributed by atoms with Gasteiger partial charge in [0, 0.05) is 35.5 Å². The minimum atomic E-state index is -0.199. The van der Waals surface area contributed by atoms with Crippen LogP contribution >= 0.6 is 34.7 Å². The zero-order valence-corrected chi connectivity index (χ0v) is 19.7. The number of amides is 1. The Labute approximate surface area is 195 Å². The Kier molecular flexibility index (Phi) is 7.20. The fourth-order valence-corrected chi connectivity index (χ4v) is 5.41. The number of thioether (sulfide) groups is 1. The number of hydrogen-bond acceptors (Lipinski definition) is 6. The molecule has 0 bridgehead atoms. The van der Waals surface area contributed by atoms with Gasteiger partial charge >= 0.3 is 0 Å². The number of amidine groups is 1. The van der Waals surface area contributed by atoms with Crippen LogP contribution in [0.15, 0.2) is 40.4 Å². The molecule has 31 heavy (non-hydrogen) atoms. The molecule has 6 nitrogen and oxygen atoms in total. The van der Waals surface area contributed by atoms with Gasteiger partial charge in [0.1, 0.15) is 11.9 Å². The van der Waals surface area contributed by atoms with Gasteiger partial charge in [-0.05, 0) is 43.7 Å². The molecular formula is C22H25ClN4O2S2. The summed E-state index contributed by atoms with van der Waals surface area (Å²) >= 11 is 8.80. The second-order valence-electron chi connectivity index (χ2n) is 7.59. The highest BCUT2D eigenvalue weighted by Gasteiger charge is 2.25. The van der Waals surface area contributed by atoms with E-state index < -0.39 is 0 Å². The largest absolute Gasteiger partial charge is 0.390 e. The first-order valence-corrected chi connectivity index (χ1v) is 12.8. The van der Waals surface area contributed by atoms with Crippen molar-refractivity contribution < 1.29 is 9.63 Å². The number of rotatable bonds is 6. The van der Waals surface area contributed by atoms with E-state index in [1.807, 2.05) is 18.4 Å². The predicted molar refractivity (Wildman–Crippen MR) is 128 cm³/mol. The lowest BCUT2D eigenvalue weighted by Crippen LogP contribution is -2.35. The number of nitrogens with zero attached hydrogens (tertiary/aromatic N) is 2. The molecule has 1 saturated heterocycles. The highest BCUT2D eigenvalue weighted by atomic mass is 35.5. The molecule has 1 fully saturated rings. The molecule has 2 aliphatic heterocycles. The topological polar surface area (TPSA) is 77.8 Å². The van der Waals surface area contributed by atoms with Crippen molar-refractivity contribution in [2.24, 2.45) is 5.16 Å². The van der Waals surface area contributed by atoms with Crippen LogP contribution in [0, 0.1) is 5.41 Å². The number of halogens is 1. The van der Waals surface area contributed by atoms with Gasteiger partial charge in [0.2, 0.25) is 0 Å². The molecule has 0 spiro atoms. The van der Waals surface area contributed by atoms with Crippen molar-refractivity contribution in [2.75, 3.05) is 25.9 Å². The van der Waals surface area contributed by atoms with Gasteiger partial charge in [-0.25, -0.2) is 0 Å². The predicted octanol–water partition coefficient (Wildman–Crippen LogP) is 4.86. The van der Waals surface area contributed by atoms with Gasteiger partial charge in [-0.15, -0.1) is 23.1 Å². The van der Waals surface area contributed by atoms with E-state index in [-0.39, 0.29) is 12.0 Å². The van der Waals surface area contributed by atoms with Crippen LogP contribution < -0.4 is 5.32 Å². The number of benzene rings is 1. The van der Waals surface area contributed by atoms with E-state index in [4.69, 9.17) is 21.8 Å². The minimum Gasteiger partial charge on any atom is -0.390 e. The summed E-state index contributed by atoms with van der Waals surface area (Å²) in [6.45, 7) is 2.30. The molecule has 2 N–H and O–H groups in total. The first kappa shape index (κ1) is 22.2. The molecular weight excluding hydrogens is 452 g/mol. The Bertz CT molecular complexity index is 1000. The summed E-state index contributed by atoms with van der Waals surface area (Å²) in [5.41, 5.74) is 2.84. The number of thiophene rings is 1. The van der Waals surface area contributed by atoms with Crippen molar-refractivity contribution in [2.45, 2.75) is 36.7 Å². The van der Waals surface area contributed by atoms with E-state index in [2.05, 4.69) is 21.4 Å². The standard InChI is InChI=1S/C22H25ClN4O2S2/c1-30-19-11-14(21(24)27-9-3-2-4-10-27)5-6-16(19)17-12-15(29-26-17)13-25-22(28)18-7-8-20(23)31-18/h5-8,11,15,24H,2-4,9-10,12-13H2,1H3,(H,25,28). The van der Waals surface area contributed by atoms with Gasteiger partial charge in [-0.1, -0.05) is 28.9 Å². The van der Waals surface area contributed by atoms with E-state index in [9.17, 15) is 4.79 Å². The highest BCUT2D eigenvalue weighted by molar-refractivity contribution is 7.98. The number of nitrogens with one attached hydrogen (secondary N) is 2. The zero-order valence-electron chi connectivity index (χ0n) is 17.3. The third-order valence-electron chi connectivity index (χ3n) is 5.48. The van der Waals surface area contributed by atoms with Gasteiger partial charge in [-0.2, -0.15) is 0 Å². The maximum absolute atomic E-state index is 12.2. The molecule has 1 atom stereocenters.